The molecule has 2 aromatic carbocycles. The standard InChI is InChI=1S/C31H30N4O4/c1-2-38-29(36)15-20-6-3-4-9-28(20)39-18-22-17-35(23-11-13-37-19-23)31-27(22)14-21(16-34-31)24-7-5-8-26-25(24)10-12-33-30(26)32/h3-10,12,14,16-17,23H,2,11,13,15,18-19H2,1H3,(H2,32,33). The first kappa shape index (κ1) is 24.9. The van der Waals surface area contributed by atoms with E-state index in [2.05, 4.69) is 27.9 Å². The lowest BCUT2D eigenvalue weighted by Gasteiger charge is -2.12. The number of ether oxygens (including phenoxy) is 3. The summed E-state index contributed by atoms with van der Waals surface area (Å²) in [6.45, 7) is 3.88. The van der Waals surface area contributed by atoms with Gasteiger partial charge < -0.3 is 24.5 Å². The average molecular weight is 523 g/mol. The van der Waals surface area contributed by atoms with Gasteiger partial charge in [-0.05, 0) is 42.5 Å². The number of rotatable bonds is 8. The van der Waals surface area contributed by atoms with Crippen LogP contribution in [-0.2, 0) is 27.3 Å². The van der Waals surface area contributed by atoms with Gasteiger partial charge in [0, 0.05) is 52.7 Å². The van der Waals surface area contributed by atoms with Gasteiger partial charge >= 0.3 is 5.97 Å². The fraction of sp³-hybridized carbons (Fsp3) is 0.258. The molecule has 8 nitrogen and oxygen atoms in total. The van der Waals surface area contributed by atoms with Crippen molar-refractivity contribution >= 4 is 33.6 Å². The SMILES string of the molecule is CCOC(=O)Cc1ccccc1OCc1cn(C2CCOC2)c2ncc(-c3cccc4c(N)nccc34)cc12. The molecular formula is C31H30N4O4. The van der Waals surface area contributed by atoms with Crippen molar-refractivity contribution in [1.82, 2.24) is 14.5 Å². The Morgan fingerprint density at radius 1 is 1.08 bits per heavy atom. The summed E-state index contributed by atoms with van der Waals surface area (Å²) in [7, 11) is 0. The van der Waals surface area contributed by atoms with E-state index in [0.29, 0.717) is 31.4 Å². The normalized spacial score (nSPS) is 15.2. The Bertz CT molecular complexity index is 1660. The first-order valence-corrected chi connectivity index (χ1v) is 13.2. The molecule has 0 spiro atoms. The number of esters is 1. The zero-order valence-electron chi connectivity index (χ0n) is 21.8. The van der Waals surface area contributed by atoms with E-state index in [9.17, 15) is 4.79 Å². The van der Waals surface area contributed by atoms with Crippen LogP contribution in [0, 0.1) is 0 Å². The Labute approximate surface area is 226 Å². The Kier molecular flexibility index (Phi) is 6.85. The van der Waals surface area contributed by atoms with Crippen LogP contribution in [0.1, 0.15) is 30.5 Å². The van der Waals surface area contributed by atoms with Crippen molar-refractivity contribution in [1.29, 1.82) is 0 Å². The molecule has 3 aromatic heterocycles. The van der Waals surface area contributed by atoms with Crippen LogP contribution in [0.3, 0.4) is 0 Å². The molecular weight excluding hydrogens is 492 g/mol. The number of fused-ring (bicyclic) bond motifs is 2. The predicted molar refractivity (Wildman–Crippen MR) is 150 cm³/mol. The van der Waals surface area contributed by atoms with Gasteiger partial charge in [0.15, 0.2) is 0 Å². The molecule has 5 aromatic rings. The lowest BCUT2D eigenvalue weighted by atomic mass is 9.99. The minimum Gasteiger partial charge on any atom is -0.489 e. The number of benzene rings is 2. The summed E-state index contributed by atoms with van der Waals surface area (Å²) in [5, 5.41) is 2.96. The number of pyridine rings is 2. The van der Waals surface area contributed by atoms with E-state index >= 15 is 0 Å². The molecule has 0 bridgehead atoms. The minimum atomic E-state index is -0.272. The molecule has 0 aliphatic carbocycles. The highest BCUT2D eigenvalue weighted by Crippen LogP contribution is 2.35. The molecule has 1 saturated heterocycles. The third-order valence-corrected chi connectivity index (χ3v) is 7.19. The molecule has 4 heterocycles. The number of nitrogens with zero attached hydrogens (tertiary/aromatic N) is 3. The molecule has 2 N–H and O–H groups in total. The van der Waals surface area contributed by atoms with Crippen molar-refractivity contribution in [3.05, 3.63) is 84.3 Å². The molecule has 198 valence electrons. The van der Waals surface area contributed by atoms with Crippen LogP contribution in [0.4, 0.5) is 5.82 Å². The lowest BCUT2D eigenvalue weighted by Crippen LogP contribution is -2.09. The third-order valence-electron chi connectivity index (χ3n) is 7.19. The van der Waals surface area contributed by atoms with Crippen molar-refractivity contribution < 1.29 is 19.0 Å². The molecule has 8 heteroatoms. The van der Waals surface area contributed by atoms with E-state index in [1.54, 1.807) is 13.1 Å². The zero-order chi connectivity index (χ0) is 26.8. The number of aromatic nitrogens is 3. The van der Waals surface area contributed by atoms with Gasteiger partial charge in [-0.1, -0.05) is 36.4 Å². The summed E-state index contributed by atoms with van der Waals surface area (Å²) in [4.78, 5) is 21.3. The summed E-state index contributed by atoms with van der Waals surface area (Å²) >= 11 is 0. The van der Waals surface area contributed by atoms with Crippen LogP contribution in [0.5, 0.6) is 5.75 Å². The van der Waals surface area contributed by atoms with Gasteiger partial charge in [0.25, 0.3) is 0 Å². The fourth-order valence-corrected chi connectivity index (χ4v) is 5.28. The molecule has 1 aliphatic rings. The Morgan fingerprint density at radius 2 is 1.97 bits per heavy atom. The maximum absolute atomic E-state index is 12.1. The van der Waals surface area contributed by atoms with E-state index in [4.69, 9.17) is 24.9 Å². The molecule has 0 amide bonds. The smallest absolute Gasteiger partial charge is 0.310 e. The van der Waals surface area contributed by atoms with Crippen LogP contribution >= 0.6 is 0 Å². The summed E-state index contributed by atoms with van der Waals surface area (Å²) in [5.74, 6) is 0.897. The highest BCUT2D eigenvalue weighted by molar-refractivity contribution is 6.02. The van der Waals surface area contributed by atoms with Crippen molar-refractivity contribution in [3.8, 4) is 16.9 Å². The van der Waals surface area contributed by atoms with E-state index in [-0.39, 0.29) is 18.4 Å². The third kappa shape index (κ3) is 4.91. The average Bonchev–Trinajstić information content (AvgIpc) is 3.61. The Morgan fingerprint density at radius 3 is 2.82 bits per heavy atom. The number of hydrogen-bond donors (Lipinski definition) is 1. The topological polar surface area (TPSA) is 101 Å². The van der Waals surface area contributed by atoms with E-state index in [1.165, 1.54) is 0 Å². The van der Waals surface area contributed by atoms with Gasteiger partial charge in [0.2, 0.25) is 0 Å². The number of anilines is 1. The number of para-hydroxylation sites is 1. The van der Waals surface area contributed by atoms with Crippen LogP contribution in [0.15, 0.2) is 73.2 Å². The second kappa shape index (κ2) is 10.7. The first-order valence-electron chi connectivity index (χ1n) is 13.2. The fourth-order valence-electron chi connectivity index (χ4n) is 5.28. The van der Waals surface area contributed by atoms with Crippen LogP contribution in [0.2, 0.25) is 0 Å². The molecule has 39 heavy (non-hydrogen) atoms. The van der Waals surface area contributed by atoms with Gasteiger partial charge in [0.05, 0.1) is 25.7 Å². The van der Waals surface area contributed by atoms with E-state index in [1.807, 2.05) is 48.7 Å². The Balaban J connectivity index is 1.39. The maximum Gasteiger partial charge on any atom is 0.310 e. The number of nitrogens with two attached hydrogens (primary N) is 1. The number of nitrogen functional groups attached to an aromatic ring is 1. The van der Waals surface area contributed by atoms with Crippen LogP contribution < -0.4 is 10.5 Å². The van der Waals surface area contributed by atoms with Crippen LogP contribution in [0.25, 0.3) is 32.9 Å². The second-order valence-electron chi connectivity index (χ2n) is 9.65. The van der Waals surface area contributed by atoms with Gasteiger partial charge in [-0.2, -0.15) is 0 Å². The van der Waals surface area contributed by atoms with E-state index in [0.717, 1.165) is 57.1 Å². The van der Waals surface area contributed by atoms with E-state index < -0.39 is 0 Å². The van der Waals surface area contributed by atoms with Gasteiger partial charge in [-0.3, -0.25) is 4.79 Å². The summed E-state index contributed by atoms with van der Waals surface area (Å²) < 4.78 is 19.3. The molecule has 0 saturated carbocycles. The second-order valence-corrected chi connectivity index (χ2v) is 9.65. The molecule has 1 unspecified atom stereocenters. The minimum absolute atomic E-state index is 0.163. The molecule has 6 rings (SSSR count). The first-order chi connectivity index (χ1) is 19.1. The molecule has 0 radical (unpaired) electrons. The lowest BCUT2D eigenvalue weighted by molar-refractivity contribution is -0.142. The largest absolute Gasteiger partial charge is 0.489 e. The van der Waals surface area contributed by atoms with Crippen molar-refractivity contribution in [2.75, 3.05) is 25.6 Å². The van der Waals surface area contributed by atoms with Gasteiger partial charge in [0.1, 0.15) is 23.8 Å². The zero-order valence-corrected chi connectivity index (χ0v) is 21.8. The Hall–Kier alpha value is -4.43. The van der Waals surface area contributed by atoms with Crippen LogP contribution in [-0.4, -0.2) is 40.3 Å². The molecule has 1 atom stereocenters. The van der Waals surface area contributed by atoms with Gasteiger partial charge in [-0.15, -0.1) is 0 Å². The highest BCUT2D eigenvalue weighted by atomic mass is 16.5. The van der Waals surface area contributed by atoms with Gasteiger partial charge in [-0.25, -0.2) is 9.97 Å². The summed E-state index contributed by atoms with van der Waals surface area (Å²) in [6, 6.07) is 18.0. The number of carbonyl (C=O) groups excluding carboxylic acids is 1. The summed E-state index contributed by atoms with van der Waals surface area (Å²) in [5.41, 5.74) is 10.9. The van der Waals surface area contributed by atoms with Crippen molar-refractivity contribution in [3.63, 3.8) is 0 Å². The monoisotopic (exact) mass is 522 g/mol. The molecule has 1 aliphatic heterocycles. The predicted octanol–water partition coefficient (Wildman–Crippen LogP) is 5.48. The summed E-state index contributed by atoms with van der Waals surface area (Å²) in [6.07, 6.45) is 6.87. The number of carbonyl (C=O) groups is 1. The van der Waals surface area contributed by atoms with Crippen molar-refractivity contribution in [2.45, 2.75) is 32.4 Å². The number of hydrogen-bond acceptors (Lipinski definition) is 7. The molecule has 1 fully saturated rings. The quantitative estimate of drug-likeness (QED) is 0.269. The van der Waals surface area contributed by atoms with Crippen molar-refractivity contribution in [2.24, 2.45) is 0 Å². The highest BCUT2D eigenvalue weighted by Gasteiger charge is 2.23. The maximum atomic E-state index is 12.1.